The van der Waals surface area contributed by atoms with E-state index in [1.807, 2.05) is 36.5 Å². The first-order chi connectivity index (χ1) is 13.8. The molecule has 7 heteroatoms. The van der Waals surface area contributed by atoms with Gasteiger partial charge in [-0.3, -0.25) is 9.88 Å². The average molecular weight is 378 g/mol. The van der Waals surface area contributed by atoms with Crippen LogP contribution in [0.5, 0.6) is 0 Å². The zero-order valence-corrected chi connectivity index (χ0v) is 15.9. The molecule has 0 aliphatic carbocycles. The predicted octanol–water partition coefficient (Wildman–Crippen LogP) is 2.01. The zero-order chi connectivity index (χ0) is 19.2. The molecule has 7 nitrogen and oxygen atoms in total. The second-order valence-electron chi connectivity index (χ2n) is 6.84. The number of anilines is 1. The van der Waals surface area contributed by atoms with Gasteiger partial charge < -0.3 is 15.8 Å². The van der Waals surface area contributed by atoms with Crippen LogP contribution in [0.25, 0.3) is 10.9 Å². The molecule has 0 saturated carbocycles. The van der Waals surface area contributed by atoms with Crippen molar-refractivity contribution in [2.24, 2.45) is 5.73 Å². The summed E-state index contributed by atoms with van der Waals surface area (Å²) in [5.74, 6) is 1.62. The third-order valence-electron chi connectivity index (χ3n) is 5.00. The molecule has 146 valence electrons. The number of fused-ring (bicyclic) bond motifs is 1. The third kappa shape index (κ3) is 4.27. The van der Waals surface area contributed by atoms with Gasteiger partial charge in [-0.2, -0.15) is 0 Å². The third-order valence-corrected chi connectivity index (χ3v) is 5.00. The van der Waals surface area contributed by atoms with Gasteiger partial charge >= 0.3 is 0 Å². The molecular formula is C21H26N6O. The quantitative estimate of drug-likeness (QED) is 0.650. The highest BCUT2D eigenvalue weighted by atomic mass is 16.5. The van der Waals surface area contributed by atoms with E-state index in [0.29, 0.717) is 19.5 Å². The van der Waals surface area contributed by atoms with Gasteiger partial charge in [-0.25, -0.2) is 9.97 Å². The fraction of sp³-hybridized carbons (Fsp3) is 0.381. The van der Waals surface area contributed by atoms with Crippen molar-refractivity contribution < 1.29 is 4.74 Å². The van der Waals surface area contributed by atoms with Crippen molar-refractivity contribution in [3.63, 3.8) is 0 Å². The number of pyridine rings is 1. The van der Waals surface area contributed by atoms with Crippen LogP contribution >= 0.6 is 0 Å². The Balaban J connectivity index is 1.61. The smallest absolute Gasteiger partial charge is 0.137 e. The number of aromatic nitrogens is 3. The van der Waals surface area contributed by atoms with E-state index in [4.69, 9.17) is 15.5 Å². The lowest BCUT2D eigenvalue weighted by Crippen LogP contribution is -2.42. The minimum Gasteiger partial charge on any atom is -0.379 e. The van der Waals surface area contributed by atoms with E-state index >= 15 is 0 Å². The first kappa shape index (κ1) is 18.7. The summed E-state index contributed by atoms with van der Waals surface area (Å²) in [4.78, 5) is 16.4. The number of morpholine rings is 1. The number of para-hydroxylation sites is 1. The summed E-state index contributed by atoms with van der Waals surface area (Å²) in [6.45, 7) is 4.53. The second-order valence-corrected chi connectivity index (χ2v) is 6.84. The van der Waals surface area contributed by atoms with Gasteiger partial charge in [-0.15, -0.1) is 0 Å². The van der Waals surface area contributed by atoms with Crippen molar-refractivity contribution >= 4 is 16.7 Å². The molecule has 1 aliphatic heterocycles. The summed E-state index contributed by atoms with van der Waals surface area (Å²) in [5.41, 5.74) is 7.71. The summed E-state index contributed by atoms with van der Waals surface area (Å²) < 4.78 is 5.53. The SMILES string of the molecule is NCCc1nc(NCC(c2ccccn2)N2CCOCC2)c2ccccc2n1. The highest BCUT2D eigenvalue weighted by molar-refractivity contribution is 5.89. The van der Waals surface area contributed by atoms with Crippen LogP contribution in [0.2, 0.25) is 0 Å². The van der Waals surface area contributed by atoms with Gasteiger partial charge in [0.15, 0.2) is 0 Å². The van der Waals surface area contributed by atoms with Gasteiger partial charge in [0.1, 0.15) is 11.6 Å². The molecule has 28 heavy (non-hydrogen) atoms. The fourth-order valence-electron chi connectivity index (χ4n) is 3.58. The maximum Gasteiger partial charge on any atom is 0.137 e. The first-order valence-corrected chi connectivity index (χ1v) is 9.77. The maximum atomic E-state index is 5.72. The number of rotatable bonds is 7. The molecule has 3 heterocycles. The van der Waals surface area contributed by atoms with E-state index in [0.717, 1.165) is 54.5 Å². The molecule has 0 bridgehead atoms. The standard InChI is InChI=1S/C21H26N6O/c22-9-8-20-25-17-6-2-1-5-16(17)21(26-20)24-15-19(18-7-3-4-10-23-18)27-11-13-28-14-12-27/h1-7,10,19H,8-9,11-15,22H2,(H,24,25,26). The molecule has 1 saturated heterocycles. The molecule has 0 spiro atoms. The number of nitrogens with one attached hydrogen (secondary N) is 1. The van der Waals surface area contributed by atoms with E-state index in [9.17, 15) is 0 Å². The number of hydrogen-bond acceptors (Lipinski definition) is 7. The largest absolute Gasteiger partial charge is 0.379 e. The lowest BCUT2D eigenvalue weighted by Gasteiger charge is -2.34. The van der Waals surface area contributed by atoms with Crippen LogP contribution in [0.4, 0.5) is 5.82 Å². The molecule has 1 aliphatic rings. The summed E-state index contributed by atoms with van der Waals surface area (Å²) >= 11 is 0. The van der Waals surface area contributed by atoms with Crippen LogP contribution in [0, 0.1) is 0 Å². The van der Waals surface area contributed by atoms with Crippen molar-refractivity contribution in [3.05, 3.63) is 60.2 Å². The molecule has 3 aromatic rings. The van der Waals surface area contributed by atoms with Crippen LogP contribution in [0.1, 0.15) is 17.6 Å². The number of hydrogen-bond donors (Lipinski definition) is 2. The van der Waals surface area contributed by atoms with Crippen molar-refractivity contribution in [1.29, 1.82) is 0 Å². The van der Waals surface area contributed by atoms with E-state index < -0.39 is 0 Å². The fourth-order valence-corrected chi connectivity index (χ4v) is 3.58. The number of ether oxygens (including phenoxy) is 1. The zero-order valence-electron chi connectivity index (χ0n) is 15.9. The van der Waals surface area contributed by atoms with E-state index in [1.54, 1.807) is 0 Å². The molecule has 0 amide bonds. The van der Waals surface area contributed by atoms with Crippen LogP contribution in [-0.2, 0) is 11.2 Å². The van der Waals surface area contributed by atoms with E-state index in [-0.39, 0.29) is 6.04 Å². The Kier molecular flexibility index (Phi) is 6.06. The number of benzene rings is 1. The van der Waals surface area contributed by atoms with Crippen LogP contribution in [-0.4, -0.2) is 59.2 Å². The highest BCUT2D eigenvalue weighted by Gasteiger charge is 2.24. The first-order valence-electron chi connectivity index (χ1n) is 9.77. The Hall–Kier alpha value is -2.61. The summed E-state index contributed by atoms with van der Waals surface area (Å²) in [7, 11) is 0. The molecular weight excluding hydrogens is 352 g/mol. The van der Waals surface area contributed by atoms with Crippen molar-refractivity contribution in [2.75, 3.05) is 44.7 Å². The molecule has 2 aromatic heterocycles. The van der Waals surface area contributed by atoms with E-state index in [1.165, 1.54) is 0 Å². The Labute approximate surface area is 165 Å². The maximum absolute atomic E-state index is 5.72. The Bertz CT molecular complexity index is 898. The summed E-state index contributed by atoms with van der Waals surface area (Å²) in [6, 6.07) is 14.3. The summed E-state index contributed by atoms with van der Waals surface area (Å²) in [5, 5.41) is 4.59. The molecule has 1 aromatic carbocycles. The van der Waals surface area contributed by atoms with Crippen LogP contribution < -0.4 is 11.1 Å². The monoisotopic (exact) mass is 378 g/mol. The normalized spacial score (nSPS) is 16.2. The van der Waals surface area contributed by atoms with Crippen molar-refractivity contribution in [2.45, 2.75) is 12.5 Å². The van der Waals surface area contributed by atoms with Gasteiger partial charge in [0.05, 0.1) is 30.5 Å². The molecule has 0 radical (unpaired) electrons. The minimum atomic E-state index is 0.150. The van der Waals surface area contributed by atoms with Crippen molar-refractivity contribution in [1.82, 2.24) is 19.9 Å². The lowest BCUT2D eigenvalue weighted by molar-refractivity contribution is 0.0179. The van der Waals surface area contributed by atoms with Gasteiger partial charge in [0, 0.05) is 37.6 Å². The average Bonchev–Trinajstić information content (AvgIpc) is 2.75. The van der Waals surface area contributed by atoms with Crippen molar-refractivity contribution in [3.8, 4) is 0 Å². The van der Waals surface area contributed by atoms with E-state index in [2.05, 4.69) is 32.3 Å². The van der Waals surface area contributed by atoms with Gasteiger partial charge in [-0.1, -0.05) is 18.2 Å². The van der Waals surface area contributed by atoms with Gasteiger partial charge in [-0.05, 0) is 30.8 Å². The van der Waals surface area contributed by atoms with Gasteiger partial charge in [0.2, 0.25) is 0 Å². The van der Waals surface area contributed by atoms with Crippen LogP contribution in [0.3, 0.4) is 0 Å². The number of nitrogens with zero attached hydrogens (tertiary/aromatic N) is 4. The summed E-state index contributed by atoms with van der Waals surface area (Å²) in [6.07, 6.45) is 2.51. The van der Waals surface area contributed by atoms with Gasteiger partial charge in [0.25, 0.3) is 0 Å². The van der Waals surface area contributed by atoms with Crippen LogP contribution in [0.15, 0.2) is 48.7 Å². The Morgan fingerprint density at radius 1 is 1.07 bits per heavy atom. The Morgan fingerprint density at radius 3 is 2.68 bits per heavy atom. The highest BCUT2D eigenvalue weighted by Crippen LogP contribution is 2.24. The molecule has 1 fully saturated rings. The Morgan fingerprint density at radius 2 is 1.89 bits per heavy atom. The molecule has 3 N–H and O–H groups in total. The predicted molar refractivity (Wildman–Crippen MR) is 110 cm³/mol. The molecule has 1 atom stereocenters. The molecule has 4 rings (SSSR count). The minimum absolute atomic E-state index is 0.150. The topological polar surface area (TPSA) is 89.2 Å². The molecule has 1 unspecified atom stereocenters. The number of nitrogens with two attached hydrogens (primary N) is 1. The lowest BCUT2D eigenvalue weighted by atomic mass is 10.1. The second kappa shape index (κ2) is 9.05.